The summed E-state index contributed by atoms with van der Waals surface area (Å²) in [7, 11) is 0. The normalized spacial score (nSPS) is 11.0. The Morgan fingerprint density at radius 2 is 1.78 bits per heavy atom. The van der Waals surface area contributed by atoms with Gasteiger partial charge in [0.05, 0.1) is 6.54 Å². The predicted octanol–water partition coefficient (Wildman–Crippen LogP) is 3.06. The van der Waals surface area contributed by atoms with Crippen LogP contribution in [0.3, 0.4) is 0 Å². The maximum atomic E-state index is 12.2. The number of halogens is 3. The maximum Gasteiger partial charge on any atom is 0.573 e. The molecule has 2 N–H and O–H groups in total. The lowest BCUT2D eigenvalue weighted by molar-refractivity contribution is -0.274. The van der Waals surface area contributed by atoms with Crippen molar-refractivity contribution in [2.45, 2.75) is 19.5 Å². The van der Waals surface area contributed by atoms with Crippen molar-refractivity contribution in [3.63, 3.8) is 0 Å². The summed E-state index contributed by atoms with van der Waals surface area (Å²) in [6.07, 6.45) is -1.49. The second kappa shape index (κ2) is 10.6. The topological polar surface area (TPSA) is 102 Å². The van der Waals surface area contributed by atoms with Gasteiger partial charge in [-0.3, -0.25) is 14.6 Å². The molecule has 1 aromatic carbocycles. The van der Waals surface area contributed by atoms with Crippen LogP contribution in [0.2, 0.25) is 0 Å². The van der Waals surface area contributed by atoms with Gasteiger partial charge < -0.3 is 20.1 Å². The molecule has 168 valence electrons. The van der Waals surface area contributed by atoms with Crippen LogP contribution in [-0.2, 0) is 17.9 Å². The van der Waals surface area contributed by atoms with E-state index >= 15 is 0 Å². The van der Waals surface area contributed by atoms with Gasteiger partial charge in [-0.25, -0.2) is 4.98 Å². The second-order valence-electron chi connectivity index (χ2n) is 6.26. The van der Waals surface area contributed by atoms with E-state index in [4.69, 9.17) is 4.74 Å². The number of pyridine rings is 1. The fraction of sp³-hybridized carbons (Fsp3) is 0.200. The van der Waals surface area contributed by atoms with Crippen LogP contribution >= 0.6 is 11.3 Å². The van der Waals surface area contributed by atoms with Crippen molar-refractivity contribution >= 4 is 23.2 Å². The van der Waals surface area contributed by atoms with Gasteiger partial charge in [-0.1, -0.05) is 6.07 Å². The van der Waals surface area contributed by atoms with Crippen molar-refractivity contribution in [1.29, 1.82) is 0 Å². The third kappa shape index (κ3) is 7.54. The molecule has 0 aliphatic rings. The van der Waals surface area contributed by atoms with E-state index in [1.165, 1.54) is 23.5 Å². The van der Waals surface area contributed by atoms with E-state index in [9.17, 15) is 22.8 Å². The fourth-order valence-corrected chi connectivity index (χ4v) is 3.10. The summed E-state index contributed by atoms with van der Waals surface area (Å²) in [5.74, 6) is -0.989. The molecule has 32 heavy (non-hydrogen) atoms. The van der Waals surface area contributed by atoms with Crippen LogP contribution in [0.4, 0.5) is 13.2 Å². The molecular weight excluding hydrogens is 449 g/mol. The van der Waals surface area contributed by atoms with Crippen LogP contribution in [0.1, 0.15) is 21.1 Å². The molecule has 0 aliphatic carbocycles. The molecule has 2 aromatic heterocycles. The van der Waals surface area contributed by atoms with E-state index in [2.05, 4.69) is 25.3 Å². The summed E-state index contributed by atoms with van der Waals surface area (Å²) >= 11 is 1.22. The number of hydrogen-bond acceptors (Lipinski definition) is 7. The Balaban J connectivity index is 1.39. The Bertz CT molecular complexity index is 1040. The van der Waals surface area contributed by atoms with Gasteiger partial charge in [-0.15, -0.1) is 24.5 Å². The highest BCUT2D eigenvalue weighted by molar-refractivity contribution is 7.09. The summed E-state index contributed by atoms with van der Waals surface area (Å²) in [6, 6.07) is 8.28. The molecule has 0 fully saturated rings. The lowest BCUT2D eigenvalue weighted by Crippen LogP contribution is -2.28. The highest BCUT2D eigenvalue weighted by Gasteiger charge is 2.31. The van der Waals surface area contributed by atoms with Gasteiger partial charge in [0.15, 0.2) is 6.61 Å². The Kier molecular flexibility index (Phi) is 7.60. The van der Waals surface area contributed by atoms with E-state index in [1.54, 1.807) is 23.8 Å². The molecular formula is C20H17F3N4O4S. The molecule has 12 heteroatoms. The summed E-state index contributed by atoms with van der Waals surface area (Å²) in [6.45, 7) is 0.0708. The standard InChI is InChI=1S/C20H17F3N4O4S/c21-20(22,23)31-15-5-3-14(4-6-15)30-11-17(28)25-10-18-27-16(12-32-18)19(29)26-9-13-2-1-7-24-8-13/h1-8,12H,9-11H2,(H,25,28)(H,26,29). The van der Waals surface area contributed by atoms with Crippen molar-refractivity contribution in [3.8, 4) is 11.5 Å². The number of benzene rings is 1. The van der Waals surface area contributed by atoms with Crippen LogP contribution in [-0.4, -0.2) is 34.8 Å². The Hall–Kier alpha value is -3.67. The number of carbonyl (C=O) groups is 2. The van der Waals surface area contributed by atoms with Crippen molar-refractivity contribution in [2.24, 2.45) is 0 Å². The van der Waals surface area contributed by atoms with E-state index in [1.807, 2.05) is 6.07 Å². The van der Waals surface area contributed by atoms with Crippen molar-refractivity contribution in [1.82, 2.24) is 20.6 Å². The monoisotopic (exact) mass is 466 g/mol. The molecule has 2 amide bonds. The number of nitrogens with one attached hydrogen (secondary N) is 2. The van der Waals surface area contributed by atoms with Gasteiger partial charge >= 0.3 is 6.36 Å². The minimum atomic E-state index is -4.78. The number of nitrogens with zero attached hydrogens (tertiary/aromatic N) is 2. The minimum absolute atomic E-state index is 0.0983. The van der Waals surface area contributed by atoms with Gasteiger partial charge in [0.25, 0.3) is 11.8 Å². The number of carbonyl (C=O) groups excluding carboxylic acids is 2. The summed E-state index contributed by atoms with van der Waals surface area (Å²) < 4.78 is 45.4. The third-order valence-electron chi connectivity index (χ3n) is 3.82. The zero-order valence-corrected chi connectivity index (χ0v) is 17.2. The third-order valence-corrected chi connectivity index (χ3v) is 4.67. The number of ether oxygens (including phenoxy) is 2. The van der Waals surface area contributed by atoms with Crippen LogP contribution in [0, 0.1) is 0 Å². The average molecular weight is 466 g/mol. The maximum absolute atomic E-state index is 12.2. The van der Waals surface area contributed by atoms with Gasteiger partial charge in [0.2, 0.25) is 0 Å². The molecule has 2 heterocycles. The number of hydrogen-bond donors (Lipinski definition) is 2. The van der Waals surface area contributed by atoms with E-state index < -0.39 is 18.0 Å². The number of amides is 2. The van der Waals surface area contributed by atoms with Gasteiger partial charge in [0, 0.05) is 24.3 Å². The highest BCUT2D eigenvalue weighted by atomic mass is 32.1. The first-order valence-electron chi connectivity index (χ1n) is 9.15. The van der Waals surface area contributed by atoms with E-state index in [0.29, 0.717) is 11.6 Å². The predicted molar refractivity (Wildman–Crippen MR) is 108 cm³/mol. The molecule has 3 aromatic rings. The molecule has 0 bridgehead atoms. The molecule has 0 spiro atoms. The van der Waals surface area contributed by atoms with Crippen LogP contribution in [0.25, 0.3) is 0 Å². The molecule has 0 radical (unpaired) electrons. The van der Waals surface area contributed by atoms with Gasteiger partial charge in [-0.05, 0) is 35.9 Å². The average Bonchev–Trinajstić information content (AvgIpc) is 3.24. The second-order valence-corrected chi connectivity index (χ2v) is 7.20. The molecule has 0 unspecified atom stereocenters. The van der Waals surface area contributed by atoms with Crippen LogP contribution in [0.15, 0.2) is 54.2 Å². The largest absolute Gasteiger partial charge is 0.573 e. The summed E-state index contributed by atoms with van der Waals surface area (Å²) in [4.78, 5) is 32.2. The molecule has 3 rings (SSSR count). The lowest BCUT2D eigenvalue weighted by atomic mass is 10.3. The Morgan fingerprint density at radius 1 is 1.03 bits per heavy atom. The SMILES string of the molecule is O=C(COc1ccc(OC(F)(F)F)cc1)NCc1nc(C(=O)NCc2cccnc2)cs1. The van der Waals surface area contributed by atoms with Crippen molar-refractivity contribution < 1.29 is 32.2 Å². The fourth-order valence-electron chi connectivity index (χ4n) is 2.38. The smallest absolute Gasteiger partial charge is 0.484 e. The Labute approximate surface area is 184 Å². The molecule has 8 nitrogen and oxygen atoms in total. The zero-order chi connectivity index (χ0) is 23.0. The van der Waals surface area contributed by atoms with Gasteiger partial charge in [0.1, 0.15) is 22.2 Å². The summed E-state index contributed by atoms with van der Waals surface area (Å²) in [5.41, 5.74) is 1.09. The van der Waals surface area contributed by atoms with Crippen LogP contribution < -0.4 is 20.1 Å². The van der Waals surface area contributed by atoms with Gasteiger partial charge in [-0.2, -0.15) is 0 Å². The zero-order valence-electron chi connectivity index (χ0n) is 16.4. The van der Waals surface area contributed by atoms with E-state index in [-0.39, 0.29) is 30.5 Å². The molecule has 0 atom stereocenters. The minimum Gasteiger partial charge on any atom is -0.484 e. The summed E-state index contributed by atoms with van der Waals surface area (Å²) in [5, 5.41) is 7.44. The van der Waals surface area contributed by atoms with Crippen LogP contribution in [0.5, 0.6) is 11.5 Å². The number of aromatic nitrogens is 2. The molecule has 0 aliphatic heterocycles. The molecule has 0 saturated heterocycles. The number of thiazole rings is 1. The lowest BCUT2D eigenvalue weighted by Gasteiger charge is -2.10. The Morgan fingerprint density at radius 3 is 2.47 bits per heavy atom. The van der Waals surface area contributed by atoms with E-state index in [0.717, 1.165) is 17.7 Å². The molecule has 0 saturated carbocycles. The first-order chi connectivity index (χ1) is 15.3. The highest BCUT2D eigenvalue weighted by Crippen LogP contribution is 2.24. The number of rotatable bonds is 9. The first-order valence-corrected chi connectivity index (χ1v) is 10.0. The first kappa shape index (κ1) is 23.0. The van der Waals surface area contributed by atoms with Crippen molar-refractivity contribution in [2.75, 3.05) is 6.61 Å². The number of alkyl halides is 3. The quantitative estimate of drug-likeness (QED) is 0.503. The van der Waals surface area contributed by atoms with Crippen molar-refractivity contribution in [3.05, 3.63) is 70.4 Å².